The van der Waals surface area contributed by atoms with Gasteiger partial charge in [0.25, 0.3) is 0 Å². The number of rotatable bonds is 3. The second-order valence-electron chi connectivity index (χ2n) is 7.62. The largest absolute Gasteiger partial charge is 0.360 e. The van der Waals surface area contributed by atoms with Gasteiger partial charge >= 0.3 is 0 Å². The minimum atomic E-state index is 0.128. The van der Waals surface area contributed by atoms with Gasteiger partial charge in [-0.15, -0.1) is 0 Å². The Hall–Kier alpha value is -2.47. The van der Waals surface area contributed by atoms with Gasteiger partial charge in [-0.25, -0.2) is 19.6 Å². The van der Waals surface area contributed by atoms with Crippen molar-refractivity contribution >= 4 is 17.4 Å². The van der Waals surface area contributed by atoms with Crippen molar-refractivity contribution in [1.82, 2.24) is 24.7 Å². The number of nitrogens with one attached hydrogen (secondary N) is 1. The number of hydrogen-bond acceptors (Lipinski definition) is 5. The monoisotopic (exact) mass is 394 g/mol. The van der Waals surface area contributed by atoms with Gasteiger partial charge in [-0.3, -0.25) is 0 Å². The van der Waals surface area contributed by atoms with E-state index in [-0.39, 0.29) is 6.04 Å². The van der Waals surface area contributed by atoms with Crippen LogP contribution in [0, 0.1) is 6.92 Å². The number of nitrogens with zero attached hydrogens (tertiary/aromatic N) is 5. The lowest BCUT2D eigenvalue weighted by Crippen LogP contribution is -2.24. The molecule has 0 amide bonds. The molecular formula is C21H23ClN6. The van der Waals surface area contributed by atoms with Crippen LogP contribution in [0.4, 0.5) is 5.82 Å². The number of hydrogen-bond donors (Lipinski definition) is 1. The van der Waals surface area contributed by atoms with Gasteiger partial charge in [-0.05, 0) is 57.6 Å². The van der Waals surface area contributed by atoms with E-state index in [9.17, 15) is 0 Å². The van der Waals surface area contributed by atoms with Gasteiger partial charge in [0.1, 0.15) is 17.5 Å². The van der Waals surface area contributed by atoms with Crippen LogP contribution in [0.25, 0.3) is 11.4 Å². The van der Waals surface area contributed by atoms with E-state index in [1.807, 2.05) is 35.9 Å². The number of aryl methyl sites for hydroxylation is 3. The van der Waals surface area contributed by atoms with Crippen molar-refractivity contribution in [3.8, 4) is 11.4 Å². The minimum Gasteiger partial charge on any atom is -0.360 e. The van der Waals surface area contributed by atoms with Gasteiger partial charge < -0.3 is 5.32 Å². The molecule has 0 fully saturated rings. The summed E-state index contributed by atoms with van der Waals surface area (Å²) in [7, 11) is 0. The topological polar surface area (TPSA) is 68.5 Å². The average Bonchev–Trinajstić information content (AvgIpc) is 3.09. The van der Waals surface area contributed by atoms with Crippen LogP contribution in [0.5, 0.6) is 0 Å². The first kappa shape index (κ1) is 17.6. The Morgan fingerprint density at radius 1 is 1.11 bits per heavy atom. The first-order valence-corrected chi connectivity index (χ1v) is 10.4. The summed E-state index contributed by atoms with van der Waals surface area (Å²) in [5.74, 6) is 3.52. The van der Waals surface area contributed by atoms with E-state index in [1.165, 1.54) is 18.4 Å². The molecule has 1 aliphatic carbocycles. The van der Waals surface area contributed by atoms with Crippen LogP contribution in [0.15, 0.2) is 24.3 Å². The maximum absolute atomic E-state index is 6.20. The molecular weight excluding hydrogens is 372 g/mol. The Bertz CT molecular complexity index is 1030. The molecule has 1 unspecified atom stereocenters. The summed E-state index contributed by atoms with van der Waals surface area (Å²) in [6.07, 6.45) is 6.49. The zero-order valence-corrected chi connectivity index (χ0v) is 16.7. The Labute approximate surface area is 169 Å². The Kier molecular flexibility index (Phi) is 4.51. The molecule has 0 spiro atoms. The Morgan fingerprint density at radius 2 is 2.00 bits per heavy atom. The third-order valence-electron chi connectivity index (χ3n) is 5.56. The average molecular weight is 395 g/mol. The van der Waals surface area contributed by atoms with Crippen LogP contribution >= 0.6 is 11.6 Å². The molecule has 0 bridgehead atoms. The second-order valence-corrected chi connectivity index (χ2v) is 8.05. The van der Waals surface area contributed by atoms with Gasteiger partial charge in [0, 0.05) is 28.4 Å². The summed E-state index contributed by atoms with van der Waals surface area (Å²) >= 11 is 6.20. The Balaban J connectivity index is 1.56. The van der Waals surface area contributed by atoms with Gasteiger partial charge in [0.2, 0.25) is 0 Å². The zero-order chi connectivity index (χ0) is 19.1. The molecule has 0 radical (unpaired) electrons. The summed E-state index contributed by atoms with van der Waals surface area (Å²) in [5.41, 5.74) is 3.36. The highest BCUT2D eigenvalue weighted by Crippen LogP contribution is 2.33. The number of anilines is 1. The summed E-state index contributed by atoms with van der Waals surface area (Å²) in [6.45, 7) is 2.89. The lowest BCUT2D eigenvalue weighted by atomic mass is 9.95. The molecule has 28 heavy (non-hydrogen) atoms. The SMILES string of the molecule is Cc1nc2n(n1)CCCC2Nc1nc(-c2cccc(Cl)c2)nc2c1CCCC2. The third kappa shape index (κ3) is 3.26. The summed E-state index contributed by atoms with van der Waals surface area (Å²) in [4.78, 5) is 14.5. The van der Waals surface area contributed by atoms with E-state index in [1.54, 1.807) is 0 Å². The van der Waals surface area contributed by atoms with Gasteiger partial charge in [-0.2, -0.15) is 5.10 Å². The maximum Gasteiger partial charge on any atom is 0.161 e. The molecule has 7 heteroatoms. The predicted octanol–water partition coefficient (Wildman–Crippen LogP) is 4.52. The van der Waals surface area contributed by atoms with Crippen molar-refractivity contribution in [1.29, 1.82) is 0 Å². The first-order chi connectivity index (χ1) is 13.7. The van der Waals surface area contributed by atoms with Crippen molar-refractivity contribution in [2.75, 3.05) is 5.32 Å². The fourth-order valence-electron chi connectivity index (χ4n) is 4.24. The molecule has 1 aliphatic heterocycles. The van der Waals surface area contributed by atoms with Gasteiger partial charge in [0.15, 0.2) is 5.82 Å². The van der Waals surface area contributed by atoms with Crippen molar-refractivity contribution in [2.45, 2.75) is 58.0 Å². The van der Waals surface area contributed by atoms with Crippen molar-refractivity contribution in [3.63, 3.8) is 0 Å². The highest BCUT2D eigenvalue weighted by atomic mass is 35.5. The molecule has 2 aromatic heterocycles. The van der Waals surface area contributed by atoms with E-state index in [4.69, 9.17) is 21.6 Å². The van der Waals surface area contributed by atoms with E-state index in [0.29, 0.717) is 5.02 Å². The van der Waals surface area contributed by atoms with E-state index in [2.05, 4.69) is 15.4 Å². The summed E-state index contributed by atoms with van der Waals surface area (Å²) in [6, 6.07) is 7.89. The number of halogens is 1. The van der Waals surface area contributed by atoms with Crippen LogP contribution in [-0.2, 0) is 19.4 Å². The van der Waals surface area contributed by atoms with Crippen LogP contribution in [0.3, 0.4) is 0 Å². The van der Waals surface area contributed by atoms with Crippen molar-refractivity contribution < 1.29 is 0 Å². The number of fused-ring (bicyclic) bond motifs is 2. The van der Waals surface area contributed by atoms with E-state index < -0.39 is 0 Å². The lowest BCUT2D eigenvalue weighted by molar-refractivity contribution is 0.436. The van der Waals surface area contributed by atoms with Gasteiger partial charge in [0.05, 0.1) is 6.04 Å². The van der Waals surface area contributed by atoms with Crippen LogP contribution in [0.1, 0.15) is 54.6 Å². The molecule has 3 aromatic rings. The molecule has 1 aromatic carbocycles. The maximum atomic E-state index is 6.20. The second kappa shape index (κ2) is 7.17. The molecule has 0 saturated carbocycles. The number of aromatic nitrogens is 5. The highest BCUT2D eigenvalue weighted by Gasteiger charge is 2.26. The fourth-order valence-corrected chi connectivity index (χ4v) is 4.43. The molecule has 0 saturated heterocycles. The molecule has 5 rings (SSSR count). The molecule has 1 atom stereocenters. The molecule has 2 aliphatic rings. The predicted molar refractivity (Wildman–Crippen MR) is 109 cm³/mol. The smallest absolute Gasteiger partial charge is 0.161 e. The number of benzene rings is 1. The highest BCUT2D eigenvalue weighted by molar-refractivity contribution is 6.30. The van der Waals surface area contributed by atoms with Crippen molar-refractivity contribution in [3.05, 3.63) is 52.2 Å². The van der Waals surface area contributed by atoms with Crippen LogP contribution in [0.2, 0.25) is 5.02 Å². The van der Waals surface area contributed by atoms with Crippen LogP contribution in [-0.4, -0.2) is 24.7 Å². The molecule has 144 valence electrons. The molecule has 3 heterocycles. The zero-order valence-electron chi connectivity index (χ0n) is 16.0. The minimum absolute atomic E-state index is 0.128. The normalized spacial score (nSPS) is 18.4. The quantitative estimate of drug-likeness (QED) is 0.707. The van der Waals surface area contributed by atoms with Crippen molar-refractivity contribution in [2.24, 2.45) is 0 Å². The first-order valence-electron chi connectivity index (χ1n) is 10.0. The van der Waals surface area contributed by atoms with Crippen LogP contribution < -0.4 is 5.32 Å². The Morgan fingerprint density at radius 3 is 2.89 bits per heavy atom. The molecule has 1 N–H and O–H groups in total. The summed E-state index contributed by atoms with van der Waals surface area (Å²) in [5, 5.41) is 8.92. The standard InChI is InChI=1S/C21H23ClN6/c1-13-23-21-18(10-5-11-28(21)27-13)25-20-16-8-2-3-9-17(16)24-19(26-20)14-6-4-7-15(22)12-14/h4,6-7,12,18H,2-3,5,8-11H2,1H3,(H,24,25,26). The fraction of sp³-hybridized carbons (Fsp3) is 0.429. The lowest BCUT2D eigenvalue weighted by Gasteiger charge is -2.26. The third-order valence-corrected chi connectivity index (χ3v) is 5.79. The van der Waals surface area contributed by atoms with E-state index >= 15 is 0 Å². The van der Waals surface area contributed by atoms with Gasteiger partial charge in [-0.1, -0.05) is 23.7 Å². The summed E-state index contributed by atoms with van der Waals surface area (Å²) < 4.78 is 2.03. The molecule has 6 nitrogen and oxygen atoms in total. The van der Waals surface area contributed by atoms with E-state index in [0.717, 1.165) is 66.8 Å².